The predicted octanol–water partition coefficient (Wildman–Crippen LogP) is 6.57. The highest BCUT2D eigenvalue weighted by Crippen LogP contribution is 2.62. The summed E-state index contributed by atoms with van der Waals surface area (Å²) in [7, 11) is 0. The van der Waals surface area contributed by atoms with E-state index in [0.29, 0.717) is 39.8 Å². The molecule has 1 aliphatic carbocycles. The number of likely N-dealkylation sites (tertiary alicyclic amines) is 1. The Bertz CT molecular complexity index is 1500. The minimum absolute atomic E-state index is 0.146. The van der Waals surface area contributed by atoms with E-state index in [1.54, 1.807) is 24.0 Å². The van der Waals surface area contributed by atoms with Crippen LogP contribution in [0.3, 0.4) is 0 Å². The largest absolute Gasteiger partial charge is 0.417 e. The number of halogens is 5. The molecule has 1 saturated carbocycles. The third-order valence-corrected chi connectivity index (χ3v) is 8.16. The van der Waals surface area contributed by atoms with E-state index in [1.807, 2.05) is 0 Å². The van der Waals surface area contributed by atoms with Crippen molar-refractivity contribution in [2.45, 2.75) is 31.5 Å². The Hall–Kier alpha value is -2.98. The van der Waals surface area contributed by atoms with E-state index in [4.69, 9.17) is 11.6 Å². The lowest BCUT2D eigenvalue weighted by molar-refractivity contribution is -0.137. The third-order valence-electron chi connectivity index (χ3n) is 6.83. The molecule has 180 valence electrons. The Kier molecular flexibility index (Phi) is 4.82. The first-order valence-corrected chi connectivity index (χ1v) is 12.1. The normalized spacial score (nSPS) is 21.5. The average Bonchev–Trinajstić information content (AvgIpc) is 3.10. The van der Waals surface area contributed by atoms with E-state index in [9.17, 15) is 22.4 Å². The molecule has 35 heavy (non-hydrogen) atoms. The van der Waals surface area contributed by atoms with Gasteiger partial charge in [0.05, 0.1) is 31.5 Å². The van der Waals surface area contributed by atoms with Crippen LogP contribution < -0.4 is 0 Å². The number of amides is 1. The first-order valence-electron chi connectivity index (χ1n) is 10.9. The zero-order chi connectivity index (χ0) is 24.7. The van der Waals surface area contributed by atoms with Crippen molar-refractivity contribution >= 4 is 39.9 Å². The molecule has 0 radical (unpaired) electrons. The number of nitrogens with zero attached hydrogens (tertiary/aromatic N) is 3. The van der Waals surface area contributed by atoms with Gasteiger partial charge in [0, 0.05) is 6.54 Å². The van der Waals surface area contributed by atoms with Crippen LogP contribution in [-0.2, 0) is 11.7 Å². The van der Waals surface area contributed by atoms with Gasteiger partial charge in [-0.15, -0.1) is 11.3 Å². The van der Waals surface area contributed by atoms with Crippen molar-refractivity contribution in [2.24, 2.45) is 5.92 Å². The monoisotopic (exact) mass is 520 g/mol. The fourth-order valence-electron chi connectivity index (χ4n) is 5.12. The molecular weight excluding hydrogens is 504 g/mol. The molecule has 2 atom stereocenters. The fraction of sp³-hybridized carbons (Fsp3) is 0.292. The number of nitrogens with one attached hydrogen (secondary N) is 1. The molecule has 11 heteroatoms. The first-order chi connectivity index (χ1) is 16.6. The molecule has 2 aromatic carbocycles. The van der Waals surface area contributed by atoms with Gasteiger partial charge in [0.2, 0.25) is 0 Å². The second kappa shape index (κ2) is 7.51. The number of aryl methyl sites for hydroxylation is 1. The Morgan fingerprint density at radius 1 is 1.23 bits per heavy atom. The lowest BCUT2D eigenvalue weighted by Gasteiger charge is -2.26. The highest BCUT2D eigenvalue weighted by molar-refractivity contribution is 7.15. The first kappa shape index (κ1) is 22.5. The number of alkyl halides is 3. The minimum Gasteiger partial charge on any atom is -0.340 e. The highest BCUT2D eigenvalue weighted by Gasteiger charge is 2.66. The van der Waals surface area contributed by atoms with Crippen molar-refractivity contribution in [2.75, 3.05) is 6.54 Å². The molecule has 0 unspecified atom stereocenters. The lowest BCUT2D eigenvalue weighted by atomic mass is 10.1. The molecule has 2 fully saturated rings. The predicted molar refractivity (Wildman–Crippen MR) is 124 cm³/mol. The van der Waals surface area contributed by atoms with Crippen LogP contribution in [0.15, 0.2) is 36.4 Å². The van der Waals surface area contributed by atoms with Gasteiger partial charge in [0.15, 0.2) is 0 Å². The maximum Gasteiger partial charge on any atom is 0.417 e. The van der Waals surface area contributed by atoms with E-state index < -0.39 is 22.3 Å². The standard InChI is InChI=1S/C24H17ClF4N4OS/c1-11-30-19(20(35-11)12-2-4-14(26)5-3-12)21(34)33-7-6-13-10-23(13,33)22-31-17-8-15(24(27,28)29)16(25)9-18(17)32-22/h2-5,8-9,13H,6-7,10H2,1H3,(H,31,32)/t13-,23+/m1/s1. The molecule has 0 spiro atoms. The average molecular weight is 521 g/mol. The van der Waals surface area contributed by atoms with Gasteiger partial charge < -0.3 is 9.88 Å². The van der Waals surface area contributed by atoms with Crippen LogP contribution in [0.2, 0.25) is 5.02 Å². The zero-order valence-corrected chi connectivity index (χ0v) is 19.8. The maximum atomic E-state index is 13.8. The Balaban J connectivity index is 1.40. The van der Waals surface area contributed by atoms with Gasteiger partial charge in [0.25, 0.3) is 5.91 Å². The Labute approximate surface area is 205 Å². The topological polar surface area (TPSA) is 61.9 Å². The molecule has 1 N–H and O–H groups in total. The van der Waals surface area contributed by atoms with Crippen LogP contribution in [0.1, 0.15) is 39.7 Å². The molecule has 5 nitrogen and oxygen atoms in total. The summed E-state index contributed by atoms with van der Waals surface area (Å²) >= 11 is 7.24. The van der Waals surface area contributed by atoms with Crippen LogP contribution in [0.4, 0.5) is 17.6 Å². The number of piperidine rings is 1. The molecular formula is C24H17ClF4N4OS. The molecule has 4 aromatic rings. The number of carbonyl (C=O) groups is 1. The van der Waals surface area contributed by atoms with Crippen molar-refractivity contribution in [1.29, 1.82) is 0 Å². The summed E-state index contributed by atoms with van der Waals surface area (Å²) in [5, 5.41) is 0.289. The molecule has 1 amide bonds. The lowest BCUT2D eigenvalue weighted by Crippen LogP contribution is -2.39. The Morgan fingerprint density at radius 3 is 2.66 bits per heavy atom. The van der Waals surface area contributed by atoms with E-state index >= 15 is 0 Å². The smallest absolute Gasteiger partial charge is 0.340 e. The summed E-state index contributed by atoms with van der Waals surface area (Å²) in [5.74, 6) is -0.0448. The van der Waals surface area contributed by atoms with Gasteiger partial charge in [-0.05, 0) is 55.5 Å². The summed E-state index contributed by atoms with van der Waals surface area (Å²) in [6, 6.07) is 8.05. The van der Waals surface area contributed by atoms with Crippen molar-refractivity contribution in [3.63, 3.8) is 0 Å². The summed E-state index contributed by atoms with van der Waals surface area (Å²) in [6.07, 6.45) is -3.18. The number of imidazole rings is 1. The van der Waals surface area contributed by atoms with E-state index in [1.165, 1.54) is 29.5 Å². The third kappa shape index (κ3) is 3.45. The molecule has 1 aliphatic heterocycles. The number of thiazole rings is 1. The Morgan fingerprint density at radius 2 is 1.97 bits per heavy atom. The fourth-order valence-corrected chi connectivity index (χ4v) is 6.31. The van der Waals surface area contributed by atoms with Gasteiger partial charge in [-0.1, -0.05) is 23.7 Å². The van der Waals surface area contributed by atoms with Gasteiger partial charge in [-0.25, -0.2) is 14.4 Å². The van der Waals surface area contributed by atoms with Crippen molar-refractivity contribution in [3.8, 4) is 10.4 Å². The van der Waals surface area contributed by atoms with Crippen molar-refractivity contribution in [1.82, 2.24) is 19.9 Å². The number of hydrogen-bond donors (Lipinski definition) is 1. The number of rotatable bonds is 3. The molecule has 1 saturated heterocycles. The van der Waals surface area contributed by atoms with Crippen LogP contribution in [-0.4, -0.2) is 32.3 Å². The summed E-state index contributed by atoms with van der Waals surface area (Å²) in [4.78, 5) is 28.2. The molecule has 2 aliphatic rings. The summed E-state index contributed by atoms with van der Waals surface area (Å²) < 4.78 is 53.4. The molecule has 2 aromatic heterocycles. The number of carbonyl (C=O) groups excluding carboxylic acids is 1. The summed E-state index contributed by atoms with van der Waals surface area (Å²) in [5.41, 5.74) is -0.167. The second-order valence-corrected chi connectivity index (χ2v) is 10.5. The van der Waals surface area contributed by atoms with Gasteiger partial charge in [-0.3, -0.25) is 4.79 Å². The number of aromatic amines is 1. The van der Waals surface area contributed by atoms with Crippen LogP contribution in [0.25, 0.3) is 21.5 Å². The second-order valence-electron chi connectivity index (χ2n) is 8.92. The van der Waals surface area contributed by atoms with Gasteiger partial charge in [0.1, 0.15) is 22.9 Å². The van der Waals surface area contributed by atoms with Crippen LogP contribution >= 0.6 is 22.9 Å². The van der Waals surface area contributed by atoms with Crippen molar-refractivity contribution in [3.05, 3.63) is 69.3 Å². The molecule has 6 rings (SSSR count). The van der Waals surface area contributed by atoms with Crippen molar-refractivity contribution < 1.29 is 22.4 Å². The molecule has 3 heterocycles. The highest BCUT2D eigenvalue weighted by atomic mass is 35.5. The van der Waals surface area contributed by atoms with E-state index in [-0.39, 0.29) is 28.9 Å². The van der Waals surface area contributed by atoms with Crippen LogP contribution in [0.5, 0.6) is 0 Å². The SMILES string of the molecule is Cc1nc(C(=O)N2CC[C@@H]3C[C@@]32c2nc3cc(C(F)(F)F)c(Cl)cc3[nH]2)c(-c2ccc(F)cc2)s1. The molecule has 0 bridgehead atoms. The number of H-pyrrole nitrogens is 1. The van der Waals surface area contributed by atoms with E-state index in [0.717, 1.165) is 12.5 Å². The van der Waals surface area contributed by atoms with E-state index in [2.05, 4.69) is 15.0 Å². The quantitative estimate of drug-likeness (QED) is 0.311. The number of aromatic nitrogens is 3. The van der Waals surface area contributed by atoms with Gasteiger partial charge in [-0.2, -0.15) is 13.2 Å². The minimum atomic E-state index is -4.60. The number of hydrogen-bond acceptors (Lipinski definition) is 4. The number of benzene rings is 2. The summed E-state index contributed by atoms with van der Waals surface area (Å²) in [6.45, 7) is 2.28. The van der Waals surface area contributed by atoms with Gasteiger partial charge >= 0.3 is 6.18 Å². The zero-order valence-electron chi connectivity index (χ0n) is 18.2. The maximum absolute atomic E-state index is 13.8. The van der Waals surface area contributed by atoms with Crippen LogP contribution in [0, 0.1) is 18.7 Å². The number of fused-ring (bicyclic) bond motifs is 2.